The molecule has 0 spiro atoms. The molecule has 88 valence electrons. The Balaban J connectivity index is 2.60. The Kier molecular flexibility index (Phi) is 2.52. The van der Waals surface area contributed by atoms with Crippen molar-refractivity contribution in [2.45, 2.75) is 32.2 Å². The van der Waals surface area contributed by atoms with Crippen molar-refractivity contribution in [2.24, 2.45) is 0 Å². The third kappa shape index (κ3) is 1.62. The highest BCUT2D eigenvalue weighted by molar-refractivity contribution is 5.37. The molecule has 0 saturated heterocycles. The summed E-state index contributed by atoms with van der Waals surface area (Å²) in [6, 6.07) is 1.27. The summed E-state index contributed by atoms with van der Waals surface area (Å²) in [5, 5.41) is 9.92. The molecule has 0 fully saturated rings. The molecule has 0 aromatic carbocycles. The van der Waals surface area contributed by atoms with Crippen LogP contribution in [0.4, 0.5) is 0 Å². The Hall–Kier alpha value is -1.33. The van der Waals surface area contributed by atoms with E-state index in [4.69, 9.17) is 13.9 Å². The Labute approximate surface area is 92.6 Å². The van der Waals surface area contributed by atoms with Gasteiger partial charge in [-0.3, -0.25) is 0 Å². The Morgan fingerprint density at radius 3 is 2.94 bits per heavy atom. The molecule has 1 aromatic rings. The maximum Gasteiger partial charge on any atom is 0.339 e. The van der Waals surface area contributed by atoms with Crippen molar-refractivity contribution in [2.75, 3.05) is 7.11 Å². The quantitative estimate of drug-likeness (QED) is 0.773. The zero-order valence-corrected chi connectivity index (χ0v) is 9.44. The maximum absolute atomic E-state index is 11.3. The number of aliphatic hydroxyl groups is 1. The molecule has 0 bridgehead atoms. The third-order valence-electron chi connectivity index (χ3n) is 2.98. The standard InChI is InChI=1S/C11H14O5/c1-6-10-7(5-15-11(6,2)13)8(14-3)4-9(12)16-10/h4,6,13H,5H2,1-3H3/t6-,11+/m0/s1. The number of fused-ring (bicyclic) bond motifs is 1. The van der Waals surface area contributed by atoms with E-state index in [1.807, 2.05) is 0 Å². The Bertz CT molecular complexity index is 460. The van der Waals surface area contributed by atoms with E-state index in [9.17, 15) is 9.90 Å². The van der Waals surface area contributed by atoms with E-state index >= 15 is 0 Å². The summed E-state index contributed by atoms with van der Waals surface area (Å²) in [7, 11) is 1.48. The molecule has 0 saturated carbocycles. The summed E-state index contributed by atoms with van der Waals surface area (Å²) < 4.78 is 15.5. The number of hydrogen-bond acceptors (Lipinski definition) is 5. The van der Waals surface area contributed by atoms with Crippen molar-refractivity contribution in [3.05, 3.63) is 27.8 Å². The first-order valence-corrected chi connectivity index (χ1v) is 5.03. The van der Waals surface area contributed by atoms with Crippen molar-refractivity contribution in [1.29, 1.82) is 0 Å². The highest BCUT2D eigenvalue weighted by Gasteiger charge is 2.39. The van der Waals surface area contributed by atoms with E-state index < -0.39 is 17.3 Å². The van der Waals surface area contributed by atoms with Gasteiger partial charge in [0.05, 0.1) is 31.3 Å². The van der Waals surface area contributed by atoms with Gasteiger partial charge in [-0.15, -0.1) is 0 Å². The van der Waals surface area contributed by atoms with Gasteiger partial charge >= 0.3 is 5.63 Å². The number of hydrogen-bond donors (Lipinski definition) is 1. The van der Waals surface area contributed by atoms with E-state index in [1.54, 1.807) is 13.8 Å². The zero-order valence-electron chi connectivity index (χ0n) is 9.44. The average Bonchev–Trinajstić information content (AvgIpc) is 2.23. The van der Waals surface area contributed by atoms with E-state index in [1.165, 1.54) is 13.2 Å². The van der Waals surface area contributed by atoms with Gasteiger partial charge < -0.3 is 19.0 Å². The second-order valence-electron chi connectivity index (χ2n) is 4.04. The van der Waals surface area contributed by atoms with Crippen LogP contribution in [0.25, 0.3) is 0 Å². The zero-order chi connectivity index (χ0) is 11.9. The second kappa shape index (κ2) is 3.61. The lowest BCUT2D eigenvalue weighted by Gasteiger charge is -2.35. The first-order chi connectivity index (χ1) is 7.45. The molecule has 5 heteroatoms. The smallest absolute Gasteiger partial charge is 0.339 e. The van der Waals surface area contributed by atoms with Gasteiger partial charge in [0.1, 0.15) is 11.5 Å². The van der Waals surface area contributed by atoms with Crippen LogP contribution in [0, 0.1) is 0 Å². The highest BCUT2D eigenvalue weighted by atomic mass is 16.6. The molecule has 1 N–H and O–H groups in total. The van der Waals surface area contributed by atoms with Crippen molar-refractivity contribution in [1.82, 2.24) is 0 Å². The normalized spacial score (nSPS) is 28.6. The minimum absolute atomic E-state index is 0.166. The van der Waals surface area contributed by atoms with Gasteiger partial charge in [-0.1, -0.05) is 6.92 Å². The largest absolute Gasteiger partial charge is 0.496 e. The van der Waals surface area contributed by atoms with E-state index in [0.29, 0.717) is 17.1 Å². The average molecular weight is 226 g/mol. The predicted molar refractivity (Wildman–Crippen MR) is 55.4 cm³/mol. The monoisotopic (exact) mass is 226 g/mol. The lowest BCUT2D eigenvalue weighted by molar-refractivity contribution is -0.222. The van der Waals surface area contributed by atoms with Crippen molar-refractivity contribution in [3.8, 4) is 5.75 Å². The lowest BCUT2D eigenvalue weighted by atomic mass is 9.93. The van der Waals surface area contributed by atoms with Crippen molar-refractivity contribution in [3.63, 3.8) is 0 Å². The van der Waals surface area contributed by atoms with E-state index in [-0.39, 0.29) is 6.61 Å². The lowest BCUT2D eigenvalue weighted by Crippen LogP contribution is -2.39. The summed E-state index contributed by atoms with van der Waals surface area (Å²) in [5.74, 6) is -0.872. The number of ether oxygens (including phenoxy) is 2. The first kappa shape index (κ1) is 11.2. The summed E-state index contributed by atoms with van der Waals surface area (Å²) >= 11 is 0. The second-order valence-corrected chi connectivity index (χ2v) is 4.04. The third-order valence-corrected chi connectivity index (χ3v) is 2.98. The minimum Gasteiger partial charge on any atom is -0.496 e. The molecule has 2 heterocycles. The van der Waals surface area contributed by atoms with Crippen molar-refractivity contribution < 1.29 is 19.0 Å². The van der Waals surface area contributed by atoms with Crippen LogP contribution < -0.4 is 10.4 Å². The fourth-order valence-electron chi connectivity index (χ4n) is 1.78. The van der Waals surface area contributed by atoms with Crippen LogP contribution in [0.2, 0.25) is 0 Å². The molecule has 16 heavy (non-hydrogen) atoms. The van der Waals surface area contributed by atoms with Gasteiger partial charge in [0.15, 0.2) is 5.79 Å². The van der Waals surface area contributed by atoms with Gasteiger partial charge in [0, 0.05) is 0 Å². The van der Waals surface area contributed by atoms with Crippen LogP contribution in [-0.4, -0.2) is 18.0 Å². The van der Waals surface area contributed by atoms with Crippen molar-refractivity contribution >= 4 is 0 Å². The fraction of sp³-hybridized carbons (Fsp3) is 0.545. The fourth-order valence-corrected chi connectivity index (χ4v) is 1.78. The molecule has 2 rings (SSSR count). The van der Waals surface area contributed by atoms with Gasteiger partial charge in [0.25, 0.3) is 0 Å². The molecule has 1 aliphatic rings. The van der Waals surface area contributed by atoms with Crippen LogP contribution in [0.5, 0.6) is 5.75 Å². The summed E-state index contributed by atoms with van der Waals surface area (Å²) in [5.41, 5.74) is 0.196. The van der Waals surface area contributed by atoms with Crippen LogP contribution in [-0.2, 0) is 11.3 Å². The topological polar surface area (TPSA) is 68.9 Å². The van der Waals surface area contributed by atoms with Gasteiger partial charge in [0.2, 0.25) is 0 Å². The van der Waals surface area contributed by atoms with E-state index in [2.05, 4.69) is 0 Å². The molecule has 2 atom stereocenters. The molecule has 0 aliphatic carbocycles. The summed E-state index contributed by atoms with van der Waals surface area (Å²) in [6.07, 6.45) is 0. The Morgan fingerprint density at radius 2 is 2.31 bits per heavy atom. The molecule has 0 radical (unpaired) electrons. The van der Waals surface area contributed by atoms with Crippen LogP contribution >= 0.6 is 0 Å². The van der Waals surface area contributed by atoms with Gasteiger partial charge in [-0.05, 0) is 6.92 Å². The number of methoxy groups -OCH3 is 1. The molecule has 5 nitrogen and oxygen atoms in total. The Morgan fingerprint density at radius 1 is 1.62 bits per heavy atom. The van der Waals surface area contributed by atoms with Crippen LogP contribution in [0.3, 0.4) is 0 Å². The minimum atomic E-state index is -1.32. The summed E-state index contributed by atoms with van der Waals surface area (Å²) in [6.45, 7) is 3.44. The molecule has 0 amide bonds. The number of rotatable bonds is 1. The highest BCUT2D eigenvalue weighted by Crippen LogP contribution is 2.39. The molecular weight excluding hydrogens is 212 g/mol. The predicted octanol–water partition coefficient (Wildman–Crippen LogP) is 0.991. The summed E-state index contributed by atoms with van der Waals surface area (Å²) in [4.78, 5) is 11.3. The van der Waals surface area contributed by atoms with Gasteiger partial charge in [-0.2, -0.15) is 0 Å². The molecule has 1 aliphatic heterocycles. The molecule has 0 unspecified atom stereocenters. The van der Waals surface area contributed by atoms with Crippen LogP contribution in [0.15, 0.2) is 15.3 Å². The van der Waals surface area contributed by atoms with Crippen LogP contribution in [0.1, 0.15) is 31.1 Å². The first-order valence-electron chi connectivity index (χ1n) is 5.03. The van der Waals surface area contributed by atoms with E-state index in [0.717, 1.165) is 0 Å². The SMILES string of the molecule is COc1cc(=O)oc2c1CO[C@@](C)(O)[C@H]2C. The molecule has 1 aromatic heterocycles. The maximum atomic E-state index is 11.3. The van der Waals surface area contributed by atoms with Gasteiger partial charge in [-0.25, -0.2) is 4.79 Å². The molecular formula is C11H14O5.